The third-order valence-electron chi connectivity index (χ3n) is 4.47. The number of hydrogen-bond acceptors (Lipinski definition) is 9. The summed E-state index contributed by atoms with van der Waals surface area (Å²) in [6, 6.07) is 4.35. The van der Waals surface area contributed by atoms with Crippen molar-refractivity contribution < 1.29 is 27.5 Å². The molecular formula is C24H30N4O6S2. The fourth-order valence-corrected chi connectivity index (χ4v) is 5.62. The van der Waals surface area contributed by atoms with Gasteiger partial charge in [0.2, 0.25) is 9.84 Å². The third kappa shape index (κ3) is 7.14. The molecule has 3 rings (SSSR count). The average molecular weight is 535 g/mol. The first-order valence-electron chi connectivity index (χ1n) is 11.1. The maximum atomic E-state index is 13.5. The Labute approximate surface area is 214 Å². The minimum atomic E-state index is -4.03. The van der Waals surface area contributed by atoms with E-state index in [-0.39, 0.29) is 21.2 Å². The Morgan fingerprint density at radius 2 is 1.67 bits per heavy atom. The number of alkyl carbamates (subject to hydrolysis) is 1. The predicted octanol–water partition coefficient (Wildman–Crippen LogP) is 4.36. The second kappa shape index (κ2) is 10.0. The Kier molecular flexibility index (Phi) is 7.61. The van der Waals surface area contributed by atoms with Gasteiger partial charge in [-0.25, -0.2) is 23.0 Å². The van der Waals surface area contributed by atoms with Crippen LogP contribution in [0.2, 0.25) is 0 Å². The van der Waals surface area contributed by atoms with Gasteiger partial charge in [0.15, 0.2) is 0 Å². The molecule has 36 heavy (non-hydrogen) atoms. The molecule has 12 heteroatoms. The molecule has 0 radical (unpaired) electrons. The zero-order valence-electron chi connectivity index (χ0n) is 21.3. The Morgan fingerprint density at radius 3 is 2.25 bits per heavy atom. The number of carbonyl (C=O) groups is 2. The Balaban J connectivity index is 1.94. The molecule has 0 atom stereocenters. The number of aromatic nitrogens is 3. The monoisotopic (exact) mass is 534 g/mol. The summed E-state index contributed by atoms with van der Waals surface area (Å²) in [5, 5.41) is 7.08. The number of nitrogens with one attached hydrogen (secondary N) is 1. The van der Waals surface area contributed by atoms with Gasteiger partial charge in [0.05, 0.1) is 29.4 Å². The van der Waals surface area contributed by atoms with Crippen molar-refractivity contribution in [3.05, 3.63) is 47.4 Å². The number of nitrogens with zero attached hydrogens (tertiary/aromatic N) is 3. The molecule has 2 aromatic heterocycles. The smallest absolute Gasteiger partial charge is 0.408 e. The molecule has 0 saturated heterocycles. The van der Waals surface area contributed by atoms with Crippen LogP contribution in [0.15, 0.2) is 45.9 Å². The number of ether oxygens (including phenoxy) is 2. The van der Waals surface area contributed by atoms with E-state index >= 15 is 0 Å². The summed E-state index contributed by atoms with van der Waals surface area (Å²) in [5.74, 6) is -0.642. The maximum Gasteiger partial charge on any atom is 0.408 e. The molecule has 1 aromatic carbocycles. The summed E-state index contributed by atoms with van der Waals surface area (Å²) < 4.78 is 39.2. The SMILES string of the molecule is Cn1cc(-c2cc(C(=O)OC(C)(C)C)cc(S(=O)(=O)c3cnc(CNC(=O)OC(C)(C)C)s3)c2)cn1. The van der Waals surface area contributed by atoms with Gasteiger partial charge in [-0.15, -0.1) is 11.3 Å². The van der Waals surface area contributed by atoms with Gasteiger partial charge in [0, 0.05) is 18.8 Å². The van der Waals surface area contributed by atoms with Crippen molar-refractivity contribution in [2.24, 2.45) is 7.05 Å². The zero-order valence-corrected chi connectivity index (χ0v) is 22.9. The molecule has 0 aliphatic heterocycles. The highest BCUT2D eigenvalue weighted by atomic mass is 32.2. The van der Waals surface area contributed by atoms with E-state index in [1.165, 1.54) is 18.3 Å². The standard InChI is InChI=1S/C24H30N4O6S2/c1-23(2,3)33-21(29)16-8-15(17-11-27-28(7)14-17)9-18(10-16)36(31,32)20-13-25-19(35-20)12-26-22(30)34-24(4,5)6/h8-11,13-14H,12H2,1-7H3,(H,26,30). The molecule has 10 nitrogen and oxygen atoms in total. The van der Waals surface area contributed by atoms with Gasteiger partial charge in [0.1, 0.15) is 20.4 Å². The first-order chi connectivity index (χ1) is 16.5. The number of rotatable bonds is 6. The summed E-state index contributed by atoms with van der Waals surface area (Å²) >= 11 is 0.923. The topological polar surface area (TPSA) is 129 Å². The van der Waals surface area contributed by atoms with E-state index in [1.807, 2.05) is 0 Å². The van der Waals surface area contributed by atoms with E-state index in [2.05, 4.69) is 15.4 Å². The van der Waals surface area contributed by atoms with E-state index in [4.69, 9.17) is 9.47 Å². The number of sulfone groups is 1. The molecular weight excluding hydrogens is 504 g/mol. The van der Waals surface area contributed by atoms with Gasteiger partial charge in [0.25, 0.3) is 0 Å². The number of thiazole rings is 1. The number of amides is 1. The van der Waals surface area contributed by atoms with Crippen LogP contribution in [-0.4, -0.2) is 46.4 Å². The highest BCUT2D eigenvalue weighted by molar-refractivity contribution is 7.93. The molecule has 0 saturated carbocycles. The van der Waals surface area contributed by atoms with Crippen LogP contribution >= 0.6 is 11.3 Å². The number of carbonyl (C=O) groups excluding carboxylic acids is 2. The van der Waals surface area contributed by atoms with Crippen molar-refractivity contribution in [3.63, 3.8) is 0 Å². The van der Waals surface area contributed by atoms with E-state index < -0.39 is 33.1 Å². The Morgan fingerprint density at radius 1 is 1.00 bits per heavy atom. The van der Waals surface area contributed by atoms with Gasteiger partial charge < -0.3 is 14.8 Å². The number of esters is 1. The number of aryl methyl sites for hydroxylation is 1. The van der Waals surface area contributed by atoms with Crippen molar-refractivity contribution in [1.82, 2.24) is 20.1 Å². The van der Waals surface area contributed by atoms with Crippen LogP contribution in [-0.2, 0) is 32.9 Å². The molecule has 0 aliphatic rings. The second-order valence-corrected chi connectivity index (χ2v) is 13.4. The Hall–Kier alpha value is -3.25. The Bertz CT molecular complexity index is 1380. The van der Waals surface area contributed by atoms with E-state index in [9.17, 15) is 18.0 Å². The van der Waals surface area contributed by atoms with Crippen LogP contribution in [0.5, 0.6) is 0 Å². The van der Waals surface area contributed by atoms with Gasteiger partial charge in [-0.2, -0.15) is 5.10 Å². The molecule has 0 fully saturated rings. The lowest BCUT2D eigenvalue weighted by molar-refractivity contribution is 0.00689. The summed E-state index contributed by atoms with van der Waals surface area (Å²) in [7, 11) is -2.29. The molecule has 1 amide bonds. The number of benzene rings is 1. The van der Waals surface area contributed by atoms with Crippen molar-refractivity contribution in [2.75, 3.05) is 0 Å². The van der Waals surface area contributed by atoms with Crippen LogP contribution in [0.3, 0.4) is 0 Å². The second-order valence-electron chi connectivity index (χ2n) is 10.1. The molecule has 0 bridgehead atoms. The van der Waals surface area contributed by atoms with Crippen LogP contribution in [0.1, 0.15) is 56.9 Å². The van der Waals surface area contributed by atoms with E-state index in [0.29, 0.717) is 16.1 Å². The molecule has 194 valence electrons. The minimum absolute atomic E-state index is 0.00792. The highest BCUT2D eigenvalue weighted by Crippen LogP contribution is 2.31. The molecule has 1 N–H and O–H groups in total. The summed E-state index contributed by atoms with van der Waals surface area (Å²) in [4.78, 5) is 28.8. The average Bonchev–Trinajstić information content (AvgIpc) is 3.39. The van der Waals surface area contributed by atoms with Crippen molar-refractivity contribution in [3.8, 4) is 11.1 Å². The molecule has 0 aliphatic carbocycles. The zero-order chi connectivity index (χ0) is 26.9. The summed E-state index contributed by atoms with van der Waals surface area (Å²) in [5.41, 5.74) is -0.172. The number of hydrogen-bond donors (Lipinski definition) is 1. The summed E-state index contributed by atoms with van der Waals surface area (Å²) in [6.07, 6.45) is 3.90. The maximum absolute atomic E-state index is 13.5. The molecule has 0 spiro atoms. The van der Waals surface area contributed by atoms with Crippen molar-refractivity contribution in [1.29, 1.82) is 0 Å². The van der Waals surface area contributed by atoms with Gasteiger partial charge >= 0.3 is 12.1 Å². The lowest BCUT2D eigenvalue weighted by Crippen LogP contribution is -2.32. The first kappa shape index (κ1) is 27.3. The lowest BCUT2D eigenvalue weighted by Gasteiger charge is -2.20. The predicted molar refractivity (Wildman–Crippen MR) is 134 cm³/mol. The third-order valence-corrected chi connectivity index (χ3v) is 7.66. The molecule has 3 aromatic rings. The first-order valence-corrected chi connectivity index (χ1v) is 13.4. The quantitative estimate of drug-likeness (QED) is 0.462. The summed E-state index contributed by atoms with van der Waals surface area (Å²) in [6.45, 7) is 10.4. The van der Waals surface area contributed by atoms with Gasteiger partial charge in [-0.05, 0) is 65.3 Å². The lowest BCUT2D eigenvalue weighted by atomic mass is 10.1. The van der Waals surface area contributed by atoms with Gasteiger partial charge in [-0.1, -0.05) is 0 Å². The minimum Gasteiger partial charge on any atom is -0.456 e. The van der Waals surface area contributed by atoms with Crippen LogP contribution in [0.4, 0.5) is 4.79 Å². The van der Waals surface area contributed by atoms with Crippen molar-refractivity contribution >= 4 is 33.2 Å². The molecule has 2 heterocycles. The van der Waals surface area contributed by atoms with Crippen LogP contribution in [0.25, 0.3) is 11.1 Å². The van der Waals surface area contributed by atoms with Crippen molar-refractivity contribution in [2.45, 2.75) is 68.4 Å². The van der Waals surface area contributed by atoms with Crippen LogP contribution < -0.4 is 5.32 Å². The van der Waals surface area contributed by atoms with E-state index in [1.54, 1.807) is 71.7 Å². The van der Waals surface area contributed by atoms with E-state index in [0.717, 1.165) is 11.3 Å². The largest absolute Gasteiger partial charge is 0.456 e. The highest BCUT2D eigenvalue weighted by Gasteiger charge is 2.26. The fourth-order valence-electron chi connectivity index (χ4n) is 3.02. The van der Waals surface area contributed by atoms with Gasteiger partial charge in [-0.3, -0.25) is 4.68 Å². The normalized spacial score (nSPS) is 12.3. The fraction of sp³-hybridized carbons (Fsp3) is 0.417. The van der Waals surface area contributed by atoms with Crippen LogP contribution in [0, 0.1) is 0 Å². The molecule has 0 unspecified atom stereocenters.